The van der Waals surface area contributed by atoms with Gasteiger partial charge in [-0.3, -0.25) is 5.43 Å². The van der Waals surface area contributed by atoms with Crippen molar-refractivity contribution < 1.29 is 0 Å². The third-order valence-corrected chi connectivity index (χ3v) is 3.05. The van der Waals surface area contributed by atoms with Crippen molar-refractivity contribution >= 4 is 0 Å². The number of likely N-dealkylation sites (tertiary alicyclic amines) is 1. The van der Waals surface area contributed by atoms with E-state index in [0.29, 0.717) is 6.04 Å². The van der Waals surface area contributed by atoms with Gasteiger partial charge in [0.2, 0.25) is 0 Å². The van der Waals surface area contributed by atoms with Crippen LogP contribution in [0.1, 0.15) is 34.1 Å². The van der Waals surface area contributed by atoms with E-state index in [9.17, 15) is 0 Å². The van der Waals surface area contributed by atoms with Crippen LogP contribution in [0.4, 0.5) is 0 Å². The smallest absolute Gasteiger partial charge is 0.120 e. The second-order valence-electron chi connectivity index (χ2n) is 5.98. The fourth-order valence-corrected chi connectivity index (χ4v) is 2.34. The van der Waals surface area contributed by atoms with E-state index in [1.807, 2.05) is 6.92 Å². The molecule has 0 aromatic rings. The molecule has 2 rings (SSSR count). The zero-order valence-electron chi connectivity index (χ0n) is 11.3. The third kappa shape index (κ3) is 3.40. The van der Waals surface area contributed by atoms with Crippen molar-refractivity contribution in [3.05, 3.63) is 23.7 Å². The molecule has 0 amide bonds. The van der Waals surface area contributed by atoms with E-state index in [1.165, 1.54) is 12.2 Å². The van der Waals surface area contributed by atoms with E-state index in [1.54, 1.807) is 0 Å². The number of hydrogen-bond acceptors (Lipinski definition) is 4. The minimum absolute atomic E-state index is 0.198. The maximum atomic E-state index is 3.66. The van der Waals surface area contributed by atoms with Gasteiger partial charge in [0.05, 0.1) is 0 Å². The van der Waals surface area contributed by atoms with Crippen LogP contribution in [0.2, 0.25) is 0 Å². The third-order valence-electron chi connectivity index (χ3n) is 3.05. The molecule has 1 fully saturated rings. The van der Waals surface area contributed by atoms with Gasteiger partial charge in [-0.1, -0.05) is 0 Å². The molecule has 3 N–H and O–H groups in total. The molecule has 0 saturated carbocycles. The Kier molecular flexibility index (Phi) is 3.33. The number of rotatable bonds is 2. The molecule has 0 aliphatic carbocycles. The van der Waals surface area contributed by atoms with E-state index in [2.05, 4.69) is 54.0 Å². The van der Waals surface area contributed by atoms with Gasteiger partial charge in [-0.05, 0) is 46.3 Å². The molecule has 0 bridgehead atoms. The number of hydrogen-bond donors (Lipinski definition) is 3. The molecule has 17 heavy (non-hydrogen) atoms. The molecule has 1 saturated heterocycles. The fourth-order valence-electron chi connectivity index (χ4n) is 2.34. The van der Waals surface area contributed by atoms with E-state index >= 15 is 0 Å². The van der Waals surface area contributed by atoms with Gasteiger partial charge in [-0.25, -0.2) is 0 Å². The van der Waals surface area contributed by atoms with E-state index in [0.717, 1.165) is 18.8 Å². The molecule has 0 aromatic heterocycles. The maximum Gasteiger partial charge on any atom is 0.120 e. The fraction of sp³-hybridized carbons (Fsp3) is 0.692. The Morgan fingerprint density at radius 3 is 2.65 bits per heavy atom. The maximum absolute atomic E-state index is 3.66. The molecule has 2 heterocycles. The second kappa shape index (κ2) is 4.61. The number of allylic oxidation sites excluding steroid dienone is 3. The summed E-state index contributed by atoms with van der Waals surface area (Å²) in [7, 11) is 0. The number of nitrogens with zero attached hydrogens (tertiary/aromatic N) is 1. The highest BCUT2D eigenvalue weighted by molar-refractivity contribution is 5.19. The Hall–Kier alpha value is -1.16. The van der Waals surface area contributed by atoms with Crippen LogP contribution in [0.15, 0.2) is 23.7 Å². The molecule has 1 unspecified atom stereocenters. The molecule has 4 nitrogen and oxygen atoms in total. The lowest BCUT2D eigenvalue weighted by atomic mass is 10.1. The van der Waals surface area contributed by atoms with Gasteiger partial charge in [-0.2, -0.15) is 0 Å². The normalized spacial score (nSPS) is 24.9. The van der Waals surface area contributed by atoms with Gasteiger partial charge in [0, 0.05) is 30.4 Å². The summed E-state index contributed by atoms with van der Waals surface area (Å²) in [5, 5.41) is 3.66. The van der Waals surface area contributed by atoms with Crippen molar-refractivity contribution in [2.75, 3.05) is 13.1 Å². The van der Waals surface area contributed by atoms with Crippen molar-refractivity contribution in [2.24, 2.45) is 0 Å². The Balaban J connectivity index is 1.90. The molecule has 1 atom stereocenters. The van der Waals surface area contributed by atoms with E-state index in [-0.39, 0.29) is 5.54 Å². The Labute approximate surface area is 104 Å². The Bertz CT molecular complexity index is 338. The molecule has 0 radical (unpaired) electrons. The van der Waals surface area contributed by atoms with E-state index in [4.69, 9.17) is 0 Å². The predicted octanol–water partition coefficient (Wildman–Crippen LogP) is 1.30. The van der Waals surface area contributed by atoms with Crippen LogP contribution >= 0.6 is 0 Å². The first-order chi connectivity index (χ1) is 7.94. The Morgan fingerprint density at radius 2 is 2.06 bits per heavy atom. The van der Waals surface area contributed by atoms with Crippen LogP contribution in [0.3, 0.4) is 0 Å². The summed E-state index contributed by atoms with van der Waals surface area (Å²) >= 11 is 0. The zero-order chi connectivity index (χ0) is 12.5. The van der Waals surface area contributed by atoms with E-state index < -0.39 is 0 Å². The average Bonchev–Trinajstić information content (AvgIpc) is 2.64. The van der Waals surface area contributed by atoms with Crippen LogP contribution in [0, 0.1) is 0 Å². The van der Waals surface area contributed by atoms with Crippen molar-refractivity contribution in [1.82, 2.24) is 21.1 Å². The molecule has 2 aliphatic heterocycles. The van der Waals surface area contributed by atoms with Crippen LogP contribution < -0.4 is 16.2 Å². The van der Waals surface area contributed by atoms with Gasteiger partial charge in [-0.15, -0.1) is 0 Å². The van der Waals surface area contributed by atoms with Gasteiger partial charge in [0.25, 0.3) is 0 Å². The standard InChI is InChI=1S/C13H24N4/c1-10-5-6-12(16-15-10)17-8-7-11(9-17)14-13(2,3)4/h5-6,11,14-16H,7-9H2,1-4H3. The van der Waals surface area contributed by atoms with Crippen molar-refractivity contribution in [2.45, 2.75) is 45.7 Å². The first kappa shape index (κ1) is 12.3. The molecule has 0 spiro atoms. The van der Waals surface area contributed by atoms with Crippen LogP contribution in [0.25, 0.3) is 0 Å². The zero-order valence-corrected chi connectivity index (χ0v) is 11.3. The largest absolute Gasteiger partial charge is 0.355 e. The topological polar surface area (TPSA) is 39.3 Å². The lowest BCUT2D eigenvalue weighted by molar-refractivity contribution is 0.329. The molecule has 0 aromatic carbocycles. The Morgan fingerprint density at radius 1 is 1.29 bits per heavy atom. The van der Waals surface area contributed by atoms with Gasteiger partial charge in [0.15, 0.2) is 0 Å². The monoisotopic (exact) mass is 236 g/mol. The summed E-state index contributed by atoms with van der Waals surface area (Å²) in [5.74, 6) is 1.17. The van der Waals surface area contributed by atoms with Crippen LogP contribution in [0.5, 0.6) is 0 Å². The molecule has 4 heteroatoms. The van der Waals surface area contributed by atoms with Crippen LogP contribution in [-0.2, 0) is 0 Å². The highest BCUT2D eigenvalue weighted by atomic mass is 15.4. The van der Waals surface area contributed by atoms with Gasteiger partial charge < -0.3 is 15.6 Å². The summed E-state index contributed by atoms with van der Waals surface area (Å²) in [6.07, 6.45) is 5.46. The average molecular weight is 236 g/mol. The second-order valence-corrected chi connectivity index (χ2v) is 5.98. The van der Waals surface area contributed by atoms with Gasteiger partial charge >= 0.3 is 0 Å². The highest BCUT2D eigenvalue weighted by Gasteiger charge is 2.27. The van der Waals surface area contributed by atoms with Crippen molar-refractivity contribution in [3.8, 4) is 0 Å². The highest BCUT2D eigenvalue weighted by Crippen LogP contribution is 2.17. The molecule has 2 aliphatic rings. The molecule has 96 valence electrons. The first-order valence-corrected chi connectivity index (χ1v) is 6.37. The number of nitrogens with one attached hydrogen (secondary N) is 3. The lowest BCUT2D eigenvalue weighted by Gasteiger charge is -2.28. The summed E-state index contributed by atoms with van der Waals surface area (Å²) in [6, 6.07) is 0.588. The number of hydrazine groups is 1. The minimum atomic E-state index is 0.198. The molecular weight excluding hydrogens is 212 g/mol. The summed E-state index contributed by atoms with van der Waals surface area (Å²) in [4.78, 5) is 2.39. The van der Waals surface area contributed by atoms with Gasteiger partial charge in [0.1, 0.15) is 5.82 Å². The quantitative estimate of drug-likeness (QED) is 0.676. The van der Waals surface area contributed by atoms with Crippen LogP contribution in [-0.4, -0.2) is 29.6 Å². The first-order valence-electron chi connectivity index (χ1n) is 6.37. The molecular formula is C13H24N4. The van der Waals surface area contributed by atoms with Crippen molar-refractivity contribution in [3.63, 3.8) is 0 Å². The summed E-state index contributed by atoms with van der Waals surface area (Å²) in [6.45, 7) is 10.9. The summed E-state index contributed by atoms with van der Waals surface area (Å²) < 4.78 is 0. The lowest BCUT2D eigenvalue weighted by Crippen LogP contribution is -2.46. The van der Waals surface area contributed by atoms with Crippen molar-refractivity contribution in [1.29, 1.82) is 0 Å². The minimum Gasteiger partial charge on any atom is -0.355 e. The summed E-state index contributed by atoms with van der Waals surface area (Å²) in [5.41, 5.74) is 7.74. The predicted molar refractivity (Wildman–Crippen MR) is 71.0 cm³/mol. The SMILES string of the molecule is CC1=CC=C(N2CCC(NC(C)(C)C)C2)NN1.